The minimum atomic E-state index is -1.21. The minimum absolute atomic E-state index is 0.137. The summed E-state index contributed by atoms with van der Waals surface area (Å²) in [5.41, 5.74) is 0.556. The van der Waals surface area contributed by atoms with Crippen LogP contribution in [-0.2, 0) is 9.47 Å². The van der Waals surface area contributed by atoms with E-state index in [1.165, 1.54) is 25.3 Å². The summed E-state index contributed by atoms with van der Waals surface area (Å²) in [5.74, 6) is -0.241. The average molecular weight is 267 g/mol. The van der Waals surface area contributed by atoms with E-state index in [0.717, 1.165) is 0 Å². The van der Waals surface area contributed by atoms with E-state index in [1.807, 2.05) is 0 Å². The van der Waals surface area contributed by atoms with Crippen molar-refractivity contribution in [3.05, 3.63) is 23.8 Å². The molecule has 0 saturated carbocycles. The highest BCUT2D eigenvalue weighted by atomic mass is 16.6. The molecule has 0 aromatic heterocycles. The van der Waals surface area contributed by atoms with E-state index >= 15 is 0 Å². The highest BCUT2D eigenvalue weighted by molar-refractivity contribution is 5.92. The van der Waals surface area contributed by atoms with Crippen LogP contribution in [0.3, 0.4) is 0 Å². The van der Waals surface area contributed by atoms with Crippen molar-refractivity contribution in [2.24, 2.45) is 0 Å². The second-order valence-corrected chi connectivity index (χ2v) is 3.91. The maximum atomic E-state index is 11.4. The Balaban J connectivity index is 2.25. The molecule has 1 heterocycles. The molecule has 7 heteroatoms. The lowest BCUT2D eigenvalue weighted by Crippen LogP contribution is -2.38. The van der Waals surface area contributed by atoms with E-state index in [9.17, 15) is 9.59 Å². The van der Waals surface area contributed by atoms with E-state index in [0.29, 0.717) is 13.2 Å². The molecular formula is C12H13NO6. The number of esters is 1. The lowest BCUT2D eigenvalue weighted by Gasteiger charge is -2.27. The number of hydrogen-bond donors (Lipinski definition) is 2. The molecule has 0 bridgehead atoms. The molecule has 2 rings (SSSR count). The van der Waals surface area contributed by atoms with Gasteiger partial charge in [0, 0.05) is 0 Å². The van der Waals surface area contributed by atoms with Gasteiger partial charge in [0.2, 0.25) is 0 Å². The van der Waals surface area contributed by atoms with Crippen molar-refractivity contribution in [2.75, 3.05) is 25.6 Å². The molecule has 1 aromatic rings. The molecule has 0 radical (unpaired) electrons. The van der Waals surface area contributed by atoms with Gasteiger partial charge in [0.15, 0.2) is 0 Å². The maximum absolute atomic E-state index is 11.4. The lowest BCUT2D eigenvalue weighted by molar-refractivity contribution is -0.0794. The first kappa shape index (κ1) is 13.2. The molecule has 7 nitrogen and oxygen atoms in total. The van der Waals surface area contributed by atoms with E-state index in [-0.39, 0.29) is 23.1 Å². The summed E-state index contributed by atoms with van der Waals surface area (Å²) < 4.78 is 15.1. The predicted molar refractivity (Wildman–Crippen MR) is 64.7 cm³/mol. The van der Waals surface area contributed by atoms with Gasteiger partial charge in [-0.15, -0.1) is 0 Å². The van der Waals surface area contributed by atoms with Gasteiger partial charge in [-0.25, -0.2) is 9.59 Å². The zero-order chi connectivity index (χ0) is 13.8. The van der Waals surface area contributed by atoms with Gasteiger partial charge in [-0.1, -0.05) is 0 Å². The smallest absolute Gasteiger partial charge is 0.409 e. The Morgan fingerprint density at radius 2 is 2.16 bits per heavy atom. The van der Waals surface area contributed by atoms with Crippen LogP contribution in [0.25, 0.3) is 0 Å². The van der Waals surface area contributed by atoms with Crippen LogP contribution in [-0.4, -0.2) is 43.6 Å². The molecule has 0 atom stereocenters. The Hall–Kier alpha value is -2.28. The van der Waals surface area contributed by atoms with Gasteiger partial charge in [-0.2, -0.15) is 0 Å². The number of carbonyl (C=O) groups excluding carboxylic acids is 1. The van der Waals surface area contributed by atoms with Crippen LogP contribution in [0.1, 0.15) is 10.4 Å². The molecule has 1 amide bonds. The molecule has 102 valence electrons. The van der Waals surface area contributed by atoms with Crippen LogP contribution in [0.4, 0.5) is 10.5 Å². The molecule has 0 unspecified atom stereocenters. The minimum Gasteiger partial charge on any atom is -0.483 e. The Bertz CT molecular complexity index is 497. The van der Waals surface area contributed by atoms with Gasteiger partial charge >= 0.3 is 12.1 Å². The summed E-state index contributed by atoms with van der Waals surface area (Å²) >= 11 is 0. The summed E-state index contributed by atoms with van der Waals surface area (Å²) in [6.45, 7) is 0.879. The Morgan fingerprint density at radius 3 is 2.68 bits per heavy atom. The number of benzene rings is 1. The molecule has 19 heavy (non-hydrogen) atoms. The number of nitrogens with one attached hydrogen (secondary N) is 1. The van der Waals surface area contributed by atoms with Gasteiger partial charge in [-0.3, -0.25) is 5.32 Å². The van der Waals surface area contributed by atoms with E-state index in [2.05, 4.69) is 10.1 Å². The van der Waals surface area contributed by atoms with E-state index in [4.69, 9.17) is 14.6 Å². The number of carboxylic acid groups (broad SMARTS) is 1. The van der Waals surface area contributed by atoms with Crippen molar-refractivity contribution in [1.82, 2.24) is 0 Å². The van der Waals surface area contributed by atoms with E-state index in [1.54, 1.807) is 0 Å². The predicted octanol–water partition coefficient (Wildman–Crippen LogP) is 1.34. The molecule has 2 N–H and O–H groups in total. The fraction of sp³-hybridized carbons (Fsp3) is 0.333. The Labute approximate surface area is 109 Å². The molecule has 0 spiro atoms. The zero-order valence-corrected chi connectivity index (χ0v) is 10.2. The fourth-order valence-corrected chi connectivity index (χ4v) is 1.54. The summed E-state index contributed by atoms with van der Waals surface area (Å²) in [7, 11) is 1.27. The van der Waals surface area contributed by atoms with Crippen LogP contribution in [0.15, 0.2) is 18.2 Å². The van der Waals surface area contributed by atoms with Crippen molar-refractivity contribution in [3.63, 3.8) is 0 Å². The first-order valence-corrected chi connectivity index (χ1v) is 5.57. The largest absolute Gasteiger partial charge is 0.483 e. The van der Waals surface area contributed by atoms with Crippen molar-refractivity contribution >= 4 is 17.7 Å². The number of rotatable bonds is 4. The number of amides is 1. The van der Waals surface area contributed by atoms with Crippen molar-refractivity contribution in [1.29, 1.82) is 0 Å². The molecule has 1 aliphatic heterocycles. The Kier molecular flexibility index (Phi) is 3.86. The van der Waals surface area contributed by atoms with Crippen molar-refractivity contribution in [3.8, 4) is 5.75 Å². The molecule has 1 saturated heterocycles. The number of carbonyl (C=O) groups is 2. The SMILES string of the molecule is COC(=O)c1ccc(NC(=O)O)c(OC2COC2)c1. The van der Waals surface area contributed by atoms with Crippen LogP contribution >= 0.6 is 0 Å². The average Bonchev–Trinajstić information content (AvgIpc) is 2.33. The monoisotopic (exact) mass is 267 g/mol. The highest BCUT2D eigenvalue weighted by Crippen LogP contribution is 2.28. The Morgan fingerprint density at radius 1 is 1.42 bits per heavy atom. The molecule has 1 fully saturated rings. The van der Waals surface area contributed by atoms with Gasteiger partial charge in [0.1, 0.15) is 11.9 Å². The summed E-state index contributed by atoms with van der Waals surface area (Å²) in [6, 6.07) is 4.35. The highest BCUT2D eigenvalue weighted by Gasteiger charge is 2.22. The standard InChI is InChI=1S/C12H13NO6/c1-17-11(14)7-2-3-9(13-12(15)16)10(4-7)19-8-5-18-6-8/h2-4,8,13H,5-6H2,1H3,(H,15,16). The summed E-state index contributed by atoms with van der Waals surface area (Å²) in [5, 5.41) is 10.9. The number of methoxy groups -OCH3 is 1. The van der Waals surface area contributed by atoms with Crippen LogP contribution in [0, 0.1) is 0 Å². The topological polar surface area (TPSA) is 94.1 Å². The van der Waals surface area contributed by atoms with Crippen LogP contribution < -0.4 is 10.1 Å². The second kappa shape index (κ2) is 5.57. The molecule has 1 aromatic carbocycles. The first-order chi connectivity index (χ1) is 9.10. The third-order valence-electron chi connectivity index (χ3n) is 2.55. The first-order valence-electron chi connectivity index (χ1n) is 5.57. The quantitative estimate of drug-likeness (QED) is 0.799. The fourth-order valence-electron chi connectivity index (χ4n) is 1.54. The summed E-state index contributed by atoms with van der Waals surface area (Å²) in [6.07, 6.45) is -1.34. The van der Waals surface area contributed by atoms with E-state index < -0.39 is 12.1 Å². The number of anilines is 1. The molecule has 0 aliphatic carbocycles. The second-order valence-electron chi connectivity index (χ2n) is 3.91. The van der Waals surface area contributed by atoms with Crippen LogP contribution in [0.5, 0.6) is 5.75 Å². The molecule has 1 aliphatic rings. The van der Waals surface area contributed by atoms with Crippen molar-refractivity contribution in [2.45, 2.75) is 6.10 Å². The third kappa shape index (κ3) is 3.14. The van der Waals surface area contributed by atoms with Crippen LogP contribution in [0.2, 0.25) is 0 Å². The van der Waals surface area contributed by atoms with Gasteiger partial charge < -0.3 is 19.3 Å². The normalized spacial score (nSPS) is 14.4. The van der Waals surface area contributed by atoms with Gasteiger partial charge in [0.25, 0.3) is 0 Å². The zero-order valence-electron chi connectivity index (χ0n) is 10.2. The number of hydrogen-bond acceptors (Lipinski definition) is 5. The lowest BCUT2D eigenvalue weighted by atomic mass is 10.2. The third-order valence-corrected chi connectivity index (χ3v) is 2.55. The maximum Gasteiger partial charge on any atom is 0.409 e. The van der Waals surface area contributed by atoms with Gasteiger partial charge in [0.05, 0.1) is 31.6 Å². The van der Waals surface area contributed by atoms with Crippen molar-refractivity contribution < 1.29 is 28.9 Å². The number of ether oxygens (including phenoxy) is 3. The van der Waals surface area contributed by atoms with Gasteiger partial charge in [-0.05, 0) is 18.2 Å². The molecular weight excluding hydrogens is 254 g/mol. The summed E-state index contributed by atoms with van der Waals surface area (Å²) in [4.78, 5) is 22.1.